The largest absolute Gasteiger partial charge is 0.294 e. The molecule has 3 heteroatoms. The van der Waals surface area contributed by atoms with Crippen molar-refractivity contribution in [2.45, 2.75) is 19.5 Å². The molecule has 2 nitrogen and oxygen atoms in total. The number of hydrogen-bond donors (Lipinski definition) is 0. The standard InChI is InChI=1S/C15H14N2S/c16-9-13-3-1-2-4-14(13)10-17-7-5-12-6-8-18-15(12)11-17/h1-4,6,8H,5,7,10-11H2. The van der Waals surface area contributed by atoms with Crippen LogP contribution in [0.2, 0.25) is 0 Å². The van der Waals surface area contributed by atoms with Crippen LogP contribution in [-0.4, -0.2) is 11.4 Å². The molecule has 2 heterocycles. The fourth-order valence-electron chi connectivity index (χ4n) is 2.43. The lowest BCUT2D eigenvalue weighted by Crippen LogP contribution is -2.29. The minimum atomic E-state index is 0.800. The fraction of sp³-hybridized carbons (Fsp3) is 0.267. The van der Waals surface area contributed by atoms with Crippen LogP contribution in [0.5, 0.6) is 0 Å². The van der Waals surface area contributed by atoms with Gasteiger partial charge in [-0.1, -0.05) is 18.2 Å². The third-order valence-corrected chi connectivity index (χ3v) is 4.38. The lowest BCUT2D eigenvalue weighted by Gasteiger charge is -2.26. The van der Waals surface area contributed by atoms with E-state index < -0.39 is 0 Å². The highest BCUT2D eigenvalue weighted by Gasteiger charge is 2.17. The number of rotatable bonds is 2. The van der Waals surface area contributed by atoms with E-state index in [1.807, 2.05) is 29.5 Å². The Morgan fingerprint density at radius 3 is 3.06 bits per heavy atom. The topological polar surface area (TPSA) is 27.0 Å². The van der Waals surface area contributed by atoms with Crippen LogP contribution < -0.4 is 0 Å². The predicted molar refractivity (Wildman–Crippen MR) is 73.3 cm³/mol. The Bertz CT molecular complexity index is 595. The van der Waals surface area contributed by atoms with Gasteiger partial charge in [0.2, 0.25) is 0 Å². The van der Waals surface area contributed by atoms with Gasteiger partial charge in [-0.05, 0) is 35.1 Å². The van der Waals surface area contributed by atoms with Crippen LogP contribution in [0.1, 0.15) is 21.6 Å². The molecule has 0 radical (unpaired) electrons. The SMILES string of the molecule is N#Cc1ccccc1CN1CCc2ccsc2C1. The lowest BCUT2D eigenvalue weighted by molar-refractivity contribution is 0.248. The molecular formula is C15H14N2S. The number of nitriles is 1. The maximum Gasteiger partial charge on any atom is 0.0995 e. The van der Waals surface area contributed by atoms with Gasteiger partial charge in [0.1, 0.15) is 0 Å². The molecule has 0 fully saturated rings. The van der Waals surface area contributed by atoms with Crippen LogP contribution in [0, 0.1) is 11.3 Å². The van der Waals surface area contributed by atoms with Gasteiger partial charge in [0.05, 0.1) is 11.6 Å². The molecule has 1 aliphatic heterocycles. The Morgan fingerprint density at radius 1 is 1.28 bits per heavy atom. The Hall–Kier alpha value is -1.63. The maximum atomic E-state index is 9.11. The van der Waals surface area contributed by atoms with Crippen LogP contribution in [0.15, 0.2) is 35.7 Å². The summed E-state index contributed by atoms with van der Waals surface area (Å²) in [6.45, 7) is 2.98. The predicted octanol–water partition coefficient (Wildman–Crippen LogP) is 3.18. The molecule has 0 aliphatic carbocycles. The van der Waals surface area contributed by atoms with Gasteiger partial charge in [-0.3, -0.25) is 4.90 Å². The average Bonchev–Trinajstić information content (AvgIpc) is 2.87. The highest BCUT2D eigenvalue weighted by atomic mass is 32.1. The van der Waals surface area contributed by atoms with Gasteiger partial charge in [-0.2, -0.15) is 5.26 Å². The number of thiophene rings is 1. The van der Waals surface area contributed by atoms with E-state index in [0.29, 0.717) is 0 Å². The fourth-order valence-corrected chi connectivity index (χ4v) is 3.41. The van der Waals surface area contributed by atoms with Gasteiger partial charge in [-0.25, -0.2) is 0 Å². The van der Waals surface area contributed by atoms with E-state index in [1.54, 1.807) is 0 Å². The quantitative estimate of drug-likeness (QED) is 0.823. The van der Waals surface area contributed by atoms with E-state index in [9.17, 15) is 0 Å². The molecular weight excluding hydrogens is 240 g/mol. The first-order valence-corrected chi connectivity index (χ1v) is 7.00. The lowest BCUT2D eigenvalue weighted by atomic mass is 10.1. The summed E-state index contributed by atoms with van der Waals surface area (Å²) in [7, 11) is 0. The van der Waals surface area contributed by atoms with E-state index in [4.69, 9.17) is 5.26 Å². The normalized spacial score (nSPS) is 15.1. The molecule has 1 aromatic heterocycles. The van der Waals surface area contributed by atoms with Crippen LogP contribution in [0.25, 0.3) is 0 Å². The van der Waals surface area contributed by atoms with Gasteiger partial charge >= 0.3 is 0 Å². The summed E-state index contributed by atoms with van der Waals surface area (Å²) in [4.78, 5) is 3.91. The molecule has 18 heavy (non-hydrogen) atoms. The van der Waals surface area contributed by atoms with E-state index in [-0.39, 0.29) is 0 Å². The molecule has 2 aromatic rings. The van der Waals surface area contributed by atoms with E-state index in [2.05, 4.69) is 28.5 Å². The number of benzene rings is 1. The van der Waals surface area contributed by atoms with Gasteiger partial charge < -0.3 is 0 Å². The first-order valence-electron chi connectivity index (χ1n) is 6.12. The van der Waals surface area contributed by atoms with Crippen LogP contribution >= 0.6 is 11.3 Å². The van der Waals surface area contributed by atoms with Crippen LogP contribution in [-0.2, 0) is 19.5 Å². The zero-order valence-electron chi connectivity index (χ0n) is 10.1. The molecule has 0 unspecified atom stereocenters. The van der Waals surface area contributed by atoms with Crippen molar-refractivity contribution in [2.24, 2.45) is 0 Å². The zero-order valence-corrected chi connectivity index (χ0v) is 10.9. The summed E-state index contributed by atoms with van der Waals surface area (Å²) in [6, 6.07) is 12.4. The first-order chi connectivity index (χ1) is 8.86. The third-order valence-electron chi connectivity index (χ3n) is 3.43. The van der Waals surface area contributed by atoms with Gasteiger partial charge in [0.15, 0.2) is 0 Å². The second kappa shape index (κ2) is 4.93. The molecule has 1 aromatic carbocycles. The van der Waals surface area contributed by atoms with Gasteiger partial charge in [0.25, 0.3) is 0 Å². The smallest absolute Gasteiger partial charge is 0.0995 e. The van der Waals surface area contributed by atoms with Crippen molar-refractivity contribution in [3.8, 4) is 6.07 Å². The second-order valence-corrected chi connectivity index (χ2v) is 5.60. The summed E-state index contributed by atoms with van der Waals surface area (Å²) in [5, 5.41) is 11.3. The molecule has 0 bridgehead atoms. The van der Waals surface area contributed by atoms with Crippen molar-refractivity contribution in [2.75, 3.05) is 6.54 Å². The van der Waals surface area contributed by atoms with Gasteiger partial charge in [-0.15, -0.1) is 11.3 Å². The van der Waals surface area contributed by atoms with E-state index in [0.717, 1.165) is 37.2 Å². The number of fused-ring (bicyclic) bond motifs is 1. The maximum absolute atomic E-state index is 9.11. The van der Waals surface area contributed by atoms with Crippen molar-refractivity contribution in [3.05, 3.63) is 57.3 Å². The molecule has 3 rings (SSSR count). The average molecular weight is 254 g/mol. The third kappa shape index (κ3) is 2.17. The van der Waals surface area contributed by atoms with Crippen molar-refractivity contribution in [1.29, 1.82) is 5.26 Å². The molecule has 0 saturated carbocycles. The van der Waals surface area contributed by atoms with Crippen molar-refractivity contribution >= 4 is 11.3 Å². The Balaban J connectivity index is 1.77. The Labute approximate surface area is 111 Å². The monoisotopic (exact) mass is 254 g/mol. The minimum Gasteiger partial charge on any atom is -0.294 e. The molecule has 1 aliphatic rings. The Morgan fingerprint density at radius 2 is 2.17 bits per heavy atom. The molecule has 90 valence electrons. The number of nitrogens with zero attached hydrogens (tertiary/aromatic N) is 2. The zero-order chi connectivity index (χ0) is 12.4. The molecule has 0 N–H and O–H groups in total. The Kier molecular flexibility index (Phi) is 3.14. The summed E-state index contributed by atoms with van der Waals surface area (Å²) >= 11 is 1.84. The van der Waals surface area contributed by atoms with Crippen molar-refractivity contribution in [1.82, 2.24) is 4.90 Å². The molecule has 0 spiro atoms. The van der Waals surface area contributed by atoms with E-state index in [1.165, 1.54) is 10.4 Å². The summed E-state index contributed by atoms with van der Waals surface area (Å²) in [5.41, 5.74) is 3.44. The molecule has 0 atom stereocenters. The summed E-state index contributed by atoms with van der Waals surface area (Å²) < 4.78 is 0. The molecule has 0 saturated heterocycles. The first kappa shape index (κ1) is 11.5. The molecule has 0 amide bonds. The van der Waals surface area contributed by atoms with Gasteiger partial charge in [0, 0.05) is 24.5 Å². The van der Waals surface area contributed by atoms with Crippen LogP contribution in [0.3, 0.4) is 0 Å². The highest BCUT2D eigenvalue weighted by Crippen LogP contribution is 2.25. The summed E-state index contributed by atoms with van der Waals surface area (Å²) in [6.07, 6.45) is 1.13. The van der Waals surface area contributed by atoms with Crippen LogP contribution in [0.4, 0.5) is 0 Å². The van der Waals surface area contributed by atoms with E-state index >= 15 is 0 Å². The second-order valence-electron chi connectivity index (χ2n) is 4.60. The minimum absolute atomic E-state index is 0.800. The highest BCUT2D eigenvalue weighted by molar-refractivity contribution is 7.10. The number of hydrogen-bond acceptors (Lipinski definition) is 3. The van der Waals surface area contributed by atoms with Crippen molar-refractivity contribution < 1.29 is 0 Å². The van der Waals surface area contributed by atoms with Crippen molar-refractivity contribution in [3.63, 3.8) is 0 Å². The summed E-state index contributed by atoms with van der Waals surface area (Å²) in [5.74, 6) is 0.